The summed E-state index contributed by atoms with van der Waals surface area (Å²) in [6, 6.07) is 0.138. The van der Waals surface area contributed by atoms with E-state index >= 15 is 0 Å². The zero-order valence-corrected chi connectivity index (χ0v) is 13.3. The van der Waals surface area contributed by atoms with E-state index in [0.717, 1.165) is 41.7 Å². The van der Waals surface area contributed by atoms with E-state index in [1.54, 1.807) is 0 Å². The van der Waals surface area contributed by atoms with E-state index in [0.29, 0.717) is 0 Å². The smallest absolute Gasteiger partial charge is 0.125 e. The topological polar surface area (TPSA) is 47.7 Å². The van der Waals surface area contributed by atoms with Crippen molar-refractivity contribution in [2.75, 3.05) is 6.54 Å². The highest BCUT2D eigenvalue weighted by Crippen LogP contribution is 2.25. The predicted octanol–water partition coefficient (Wildman–Crippen LogP) is 2.49. The van der Waals surface area contributed by atoms with Crippen LogP contribution in [-0.4, -0.2) is 25.9 Å². The second kappa shape index (κ2) is 6.41. The summed E-state index contributed by atoms with van der Waals surface area (Å²) in [5, 5.41) is 8.72. The lowest BCUT2D eigenvalue weighted by molar-refractivity contribution is 0.484. The maximum Gasteiger partial charge on any atom is 0.125 e. The predicted molar refractivity (Wildman–Crippen MR) is 81.0 cm³/mol. The molecule has 0 aliphatic carbocycles. The fraction of sp³-hybridized carbons (Fsp3) is 0.571. The fourth-order valence-corrected chi connectivity index (χ4v) is 2.68. The SMILES string of the molecule is CCNC(Cc1c(Cl)c(C)nn1CC)c1nccn1C. The zero-order valence-electron chi connectivity index (χ0n) is 12.5. The van der Waals surface area contributed by atoms with E-state index in [2.05, 4.69) is 29.2 Å². The molecule has 2 aromatic rings. The molecule has 0 radical (unpaired) electrons. The Hall–Kier alpha value is -1.33. The molecule has 0 saturated heterocycles. The molecule has 1 N–H and O–H groups in total. The lowest BCUT2D eigenvalue weighted by atomic mass is 10.1. The van der Waals surface area contributed by atoms with Crippen LogP contribution in [-0.2, 0) is 20.0 Å². The molecule has 2 rings (SSSR count). The summed E-state index contributed by atoms with van der Waals surface area (Å²) >= 11 is 6.40. The normalized spacial score (nSPS) is 12.8. The summed E-state index contributed by atoms with van der Waals surface area (Å²) in [6.07, 6.45) is 4.57. The van der Waals surface area contributed by atoms with Crippen LogP contribution < -0.4 is 5.32 Å². The molecular formula is C14H22ClN5. The largest absolute Gasteiger partial charge is 0.337 e. The van der Waals surface area contributed by atoms with Crippen LogP contribution in [0.15, 0.2) is 12.4 Å². The van der Waals surface area contributed by atoms with Crippen molar-refractivity contribution in [2.45, 2.75) is 39.8 Å². The van der Waals surface area contributed by atoms with E-state index in [9.17, 15) is 0 Å². The van der Waals surface area contributed by atoms with Gasteiger partial charge in [-0.25, -0.2) is 4.98 Å². The Kier molecular flexibility index (Phi) is 4.83. The molecule has 6 heteroatoms. The molecule has 0 bridgehead atoms. The van der Waals surface area contributed by atoms with Gasteiger partial charge in [0.25, 0.3) is 0 Å². The maximum absolute atomic E-state index is 6.40. The van der Waals surface area contributed by atoms with Crippen molar-refractivity contribution in [3.8, 4) is 0 Å². The van der Waals surface area contributed by atoms with Crippen LogP contribution in [0.3, 0.4) is 0 Å². The maximum atomic E-state index is 6.40. The van der Waals surface area contributed by atoms with Crippen LogP contribution in [0, 0.1) is 6.92 Å². The molecule has 0 amide bonds. The van der Waals surface area contributed by atoms with Gasteiger partial charge in [0, 0.05) is 32.4 Å². The Morgan fingerprint density at radius 1 is 1.40 bits per heavy atom. The van der Waals surface area contributed by atoms with Gasteiger partial charge in [-0.3, -0.25) is 4.68 Å². The first-order valence-electron chi connectivity index (χ1n) is 7.00. The van der Waals surface area contributed by atoms with Gasteiger partial charge in [0.15, 0.2) is 0 Å². The molecule has 0 fully saturated rings. The minimum atomic E-state index is 0.138. The standard InChI is InChI=1S/C14H22ClN5/c1-5-16-11(14-17-7-8-19(14)4)9-12-13(15)10(3)18-20(12)6-2/h7-8,11,16H,5-6,9H2,1-4H3. The molecule has 2 heterocycles. The molecule has 0 aliphatic rings. The Balaban J connectivity index is 2.31. The number of hydrogen-bond acceptors (Lipinski definition) is 3. The third kappa shape index (κ3) is 2.88. The second-order valence-corrected chi connectivity index (χ2v) is 5.25. The number of likely N-dealkylation sites (N-methyl/N-ethyl adjacent to an activating group) is 1. The van der Waals surface area contributed by atoms with Crippen LogP contribution in [0.5, 0.6) is 0 Å². The average Bonchev–Trinajstić information content (AvgIpc) is 2.96. The molecule has 2 aromatic heterocycles. The molecule has 20 heavy (non-hydrogen) atoms. The van der Waals surface area contributed by atoms with Crippen LogP contribution in [0.25, 0.3) is 0 Å². The molecule has 0 aliphatic heterocycles. The zero-order chi connectivity index (χ0) is 14.7. The van der Waals surface area contributed by atoms with Gasteiger partial charge >= 0.3 is 0 Å². The molecule has 0 spiro atoms. The quantitative estimate of drug-likeness (QED) is 0.891. The molecule has 0 saturated carbocycles. The molecule has 5 nitrogen and oxygen atoms in total. The van der Waals surface area contributed by atoms with Crippen LogP contribution >= 0.6 is 11.6 Å². The van der Waals surface area contributed by atoms with E-state index in [1.807, 2.05) is 35.6 Å². The lowest BCUT2D eigenvalue weighted by Crippen LogP contribution is -2.26. The summed E-state index contributed by atoms with van der Waals surface area (Å²) in [5.41, 5.74) is 1.96. The van der Waals surface area contributed by atoms with Gasteiger partial charge in [-0.2, -0.15) is 5.10 Å². The van der Waals surface area contributed by atoms with Crippen molar-refractivity contribution in [3.63, 3.8) is 0 Å². The van der Waals surface area contributed by atoms with Gasteiger partial charge in [-0.05, 0) is 20.4 Å². The molecule has 1 unspecified atom stereocenters. The Morgan fingerprint density at radius 3 is 2.70 bits per heavy atom. The first kappa shape index (κ1) is 15.1. The highest BCUT2D eigenvalue weighted by atomic mass is 35.5. The minimum Gasteiger partial charge on any atom is -0.337 e. The van der Waals surface area contributed by atoms with Gasteiger partial charge in [-0.1, -0.05) is 18.5 Å². The highest BCUT2D eigenvalue weighted by molar-refractivity contribution is 6.31. The first-order chi connectivity index (χ1) is 9.58. The van der Waals surface area contributed by atoms with E-state index < -0.39 is 0 Å². The summed E-state index contributed by atoms with van der Waals surface area (Å²) in [5.74, 6) is 1.02. The lowest BCUT2D eigenvalue weighted by Gasteiger charge is -2.18. The number of rotatable bonds is 6. The number of nitrogens with one attached hydrogen (secondary N) is 1. The molecule has 1 atom stereocenters. The van der Waals surface area contributed by atoms with E-state index in [-0.39, 0.29) is 6.04 Å². The van der Waals surface area contributed by atoms with Crippen molar-refractivity contribution in [2.24, 2.45) is 7.05 Å². The van der Waals surface area contributed by atoms with E-state index in [4.69, 9.17) is 11.6 Å². The third-order valence-electron chi connectivity index (χ3n) is 3.47. The van der Waals surface area contributed by atoms with E-state index in [1.165, 1.54) is 0 Å². The monoisotopic (exact) mass is 295 g/mol. The number of nitrogens with zero attached hydrogens (tertiary/aromatic N) is 4. The van der Waals surface area contributed by atoms with Gasteiger partial charge in [-0.15, -0.1) is 0 Å². The van der Waals surface area contributed by atoms with Crippen molar-refractivity contribution < 1.29 is 0 Å². The summed E-state index contributed by atoms with van der Waals surface area (Å²) in [7, 11) is 2.01. The number of hydrogen-bond donors (Lipinski definition) is 1. The van der Waals surface area contributed by atoms with Gasteiger partial charge in [0.05, 0.1) is 22.5 Å². The Morgan fingerprint density at radius 2 is 2.15 bits per heavy atom. The summed E-state index contributed by atoms with van der Waals surface area (Å²) in [4.78, 5) is 4.45. The second-order valence-electron chi connectivity index (χ2n) is 4.87. The number of aromatic nitrogens is 4. The van der Waals surface area contributed by atoms with Crippen molar-refractivity contribution in [1.82, 2.24) is 24.6 Å². The third-order valence-corrected chi connectivity index (χ3v) is 3.96. The minimum absolute atomic E-state index is 0.138. The number of halogens is 1. The van der Waals surface area contributed by atoms with Crippen LogP contribution in [0.1, 0.15) is 37.1 Å². The molecule has 110 valence electrons. The number of imidazole rings is 1. The highest BCUT2D eigenvalue weighted by Gasteiger charge is 2.21. The van der Waals surface area contributed by atoms with Crippen LogP contribution in [0.4, 0.5) is 0 Å². The summed E-state index contributed by atoms with van der Waals surface area (Å²) in [6.45, 7) is 7.83. The van der Waals surface area contributed by atoms with Crippen LogP contribution in [0.2, 0.25) is 5.02 Å². The first-order valence-corrected chi connectivity index (χ1v) is 7.38. The average molecular weight is 296 g/mol. The van der Waals surface area contributed by atoms with Gasteiger partial charge < -0.3 is 9.88 Å². The fourth-order valence-electron chi connectivity index (χ4n) is 2.47. The summed E-state index contributed by atoms with van der Waals surface area (Å²) < 4.78 is 4.02. The van der Waals surface area contributed by atoms with Gasteiger partial charge in [0.1, 0.15) is 5.82 Å². The Bertz CT molecular complexity index is 572. The van der Waals surface area contributed by atoms with Crippen molar-refractivity contribution in [1.29, 1.82) is 0 Å². The van der Waals surface area contributed by atoms with Gasteiger partial charge in [0.2, 0.25) is 0 Å². The van der Waals surface area contributed by atoms with Crippen molar-refractivity contribution in [3.05, 3.63) is 34.6 Å². The Labute approximate surface area is 125 Å². The molecule has 0 aromatic carbocycles. The molecular weight excluding hydrogens is 274 g/mol. The number of aryl methyl sites for hydroxylation is 3. The van der Waals surface area contributed by atoms with Crippen molar-refractivity contribution >= 4 is 11.6 Å².